The van der Waals surface area contributed by atoms with E-state index in [4.69, 9.17) is 26.1 Å². The summed E-state index contributed by atoms with van der Waals surface area (Å²) in [5.41, 5.74) is 5.84. The maximum atomic E-state index is 13.3. The molecule has 3 aromatic heterocycles. The fraction of sp³-hybridized carbons (Fsp3) is 0.321. The van der Waals surface area contributed by atoms with Crippen molar-refractivity contribution in [3.63, 3.8) is 0 Å². The predicted octanol–water partition coefficient (Wildman–Crippen LogP) is 4.50. The molecule has 9 nitrogen and oxygen atoms in total. The zero-order chi connectivity index (χ0) is 26.0. The van der Waals surface area contributed by atoms with Crippen molar-refractivity contribution in [1.29, 1.82) is 0 Å². The number of nitrogens with zero attached hydrogens (tertiary/aromatic N) is 3. The third-order valence-electron chi connectivity index (χ3n) is 7.77. The molecule has 1 amide bonds. The summed E-state index contributed by atoms with van der Waals surface area (Å²) in [7, 11) is 3.64. The van der Waals surface area contributed by atoms with Crippen LogP contribution in [-0.2, 0) is 5.41 Å². The van der Waals surface area contributed by atoms with Crippen LogP contribution in [0.2, 0.25) is 5.02 Å². The Balaban J connectivity index is 1.40. The number of aromatic nitrogens is 3. The summed E-state index contributed by atoms with van der Waals surface area (Å²) < 4.78 is 11.7. The minimum absolute atomic E-state index is 0.0723. The molecule has 1 spiro atoms. The van der Waals surface area contributed by atoms with Crippen LogP contribution < -0.4 is 20.1 Å². The molecular weight excluding hydrogens is 504 g/mol. The Bertz CT molecular complexity index is 1590. The smallest absolute Gasteiger partial charge is 0.255 e. The molecule has 194 valence electrons. The van der Waals surface area contributed by atoms with Gasteiger partial charge in [0.2, 0.25) is 5.88 Å². The number of benzene rings is 1. The molecule has 1 aromatic carbocycles. The fourth-order valence-electron chi connectivity index (χ4n) is 5.57. The van der Waals surface area contributed by atoms with Crippen LogP contribution in [-0.4, -0.2) is 65.7 Å². The van der Waals surface area contributed by atoms with Crippen LogP contribution in [0.15, 0.2) is 42.6 Å². The van der Waals surface area contributed by atoms with Crippen LogP contribution in [0.1, 0.15) is 28.9 Å². The molecule has 4 aromatic rings. The number of rotatable bonds is 6. The van der Waals surface area contributed by atoms with Crippen molar-refractivity contribution < 1.29 is 14.3 Å². The van der Waals surface area contributed by atoms with Crippen molar-refractivity contribution in [3.05, 3.63) is 58.9 Å². The summed E-state index contributed by atoms with van der Waals surface area (Å²) >= 11 is 6.43. The zero-order valence-electron chi connectivity index (χ0n) is 21.1. The zero-order valence-corrected chi connectivity index (χ0v) is 21.9. The molecule has 0 radical (unpaired) electrons. The van der Waals surface area contributed by atoms with Gasteiger partial charge in [-0.15, -0.1) is 0 Å². The lowest BCUT2D eigenvalue weighted by Crippen LogP contribution is -2.51. The molecule has 1 aliphatic carbocycles. The van der Waals surface area contributed by atoms with Crippen molar-refractivity contribution in [2.24, 2.45) is 0 Å². The number of amides is 1. The number of anilines is 2. The molecule has 1 saturated heterocycles. The third-order valence-corrected chi connectivity index (χ3v) is 8.07. The van der Waals surface area contributed by atoms with Gasteiger partial charge in [-0.05, 0) is 44.2 Å². The predicted molar refractivity (Wildman–Crippen MR) is 146 cm³/mol. The normalized spacial score (nSPS) is 18.1. The Hall–Kier alpha value is -3.82. The number of carbonyl (C=O) groups is 1. The van der Waals surface area contributed by atoms with E-state index in [1.165, 1.54) is 0 Å². The van der Waals surface area contributed by atoms with Gasteiger partial charge in [0.05, 0.1) is 40.3 Å². The van der Waals surface area contributed by atoms with E-state index < -0.39 is 0 Å². The number of carbonyl (C=O) groups excluding carboxylic acids is 1. The summed E-state index contributed by atoms with van der Waals surface area (Å²) in [5, 5.41) is 7.06. The van der Waals surface area contributed by atoms with Crippen molar-refractivity contribution in [1.82, 2.24) is 25.2 Å². The molecule has 10 heteroatoms. The first kappa shape index (κ1) is 23.3. The van der Waals surface area contributed by atoms with Crippen molar-refractivity contribution >= 4 is 39.9 Å². The highest BCUT2D eigenvalue weighted by Gasteiger charge is 2.51. The average Bonchev–Trinajstić information content (AvgIpc) is 3.58. The second-order valence-electron chi connectivity index (χ2n) is 10.4. The first-order chi connectivity index (χ1) is 18.5. The molecular formula is C28H27ClN6O3. The topological polar surface area (TPSA) is 104 Å². The molecule has 2 fully saturated rings. The van der Waals surface area contributed by atoms with Crippen LogP contribution in [0.3, 0.4) is 0 Å². The molecule has 3 N–H and O–H groups in total. The van der Waals surface area contributed by atoms with E-state index in [9.17, 15) is 4.79 Å². The van der Waals surface area contributed by atoms with Gasteiger partial charge in [-0.2, -0.15) is 0 Å². The summed E-state index contributed by atoms with van der Waals surface area (Å²) in [4.78, 5) is 28.6. The van der Waals surface area contributed by atoms with Crippen LogP contribution in [0, 0.1) is 0 Å². The van der Waals surface area contributed by atoms with Crippen LogP contribution >= 0.6 is 11.6 Å². The average molecular weight is 531 g/mol. The van der Waals surface area contributed by atoms with Gasteiger partial charge in [0.1, 0.15) is 11.6 Å². The number of likely N-dealkylation sites (N-methyl/N-ethyl adjacent to an activating group) is 1. The second kappa shape index (κ2) is 8.61. The SMILES string of the molecule is COc1c(Cl)cccc1Nc1c(-c2ccnc3ccc(OC4CN(C)C4)nc23)[nH]c2c1C(=O)NCC21CC1. The fourth-order valence-corrected chi connectivity index (χ4v) is 5.82. The molecule has 0 unspecified atom stereocenters. The van der Waals surface area contributed by atoms with Crippen LogP contribution in [0.4, 0.5) is 11.4 Å². The minimum atomic E-state index is -0.118. The number of para-hydroxylation sites is 1. The number of methoxy groups -OCH3 is 1. The number of pyridine rings is 2. The van der Waals surface area contributed by atoms with Crippen molar-refractivity contribution in [3.8, 4) is 22.9 Å². The number of H-pyrrole nitrogens is 1. The number of likely N-dealkylation sites (tertiary alicyclic amines) is 1. The van der Waals surface area contributed by atoms with Gasteiger partial charge in [0, 0.05) is 48.6 Å². The quantitative estimate of drug-likeness (QED) is 0.337. The van der Waals surface area contributed by atoms with Gasteiger partial charge in [-0.25, -0.2) is 4.98 Å². The summed E-state index contributed by atoms with van der Waals surface area (Å²) in [6.45, 7) is 2.37. The lowest BCUT2D eigenvalue weighted by molar-refractivity contribution is 0.0358. The van der Waals surface area contributed by atoms with E-state index in [0.717, 1.165) is 48.4 Å². The first-order valence-electron chi connectivity index (χ1n) is 12.7. The number of halogens is 1. The summed E-state index contributed by atoms with van der Waals surface area (Å²) in [6.07, 6.45) is 3.91. The molecule has 0 atom stereocenters. The Morgan fingerprint density at radius 3 is 2.79 bits per heavy atom. The van der Waals surface area contributed by atoms with Gasteiger partial charge >= 0.3 is 0 Å². The van der Waals surface area contributed by atoms with E-state index in [-0.39, 0.29) is 17.4 Å². The van der Waals surface area contributed by atoms with Gasteiger partial charge in [0.25, 0.3) is 5.91 Å². The van der Waals surface area contributed by atoms with E-state index in [1.54, 1.807) is 19.4 Å². The Kier molecular flexibility index (Phi) is 5.28. The van der Waals surface area contributed by atoms with Crippen LogP contribution in [0.5, 0.6) is 11.6 Å². The number of hydrogen-bond donors (Lipinski definition) is 3. The summed E-state index contributed by atoms with van der Waals surface area (Å²) in [5.74, 6) is 0.947. The molecule has 2 aliphatic heterocycles. The van der Waals surface area contributed by atoms with Crippen molar-refractivity contribution in [2.45, 2.75) is 24.4 Å². The second-order valence-corrected chi connectivity index (χ2v) is 10.8. The van der Waals surface area contributed by atoms with E-state index in [2.05, 4.69) is 32.5 Å². The standard InChI is InChI=1S/C28H27ClN6O3/c1-35-12-15(13-35)38-20-7-6-18-22(33-20)16(8-11-30-18)23-24(32-19-5-3-4-17(29)25(19)37-2)21-26(34-23)28(9-10-28)14-31-27(21)36/h3-8,11,15,32,34H,9-10,12-14H2,1-2H3,(H,31,36). The number of aromatic amines is 1. The third kappa shape index (κ3) is 3.68. The highest BCUT2D eigenvalue weighted by Crippen LogP contribution is 2.54. The highest BCUT2D eigenvalue weighted by molar-refractivity contribution is 6.32. The van der Waals surface area contributed by atoms with Crippen LogP contribution in [0.25, 0.3) is 22.3 Å². The first-order valence-corrected chi connectivity index (χ1v) is 13.1. The maximum Gasteiger partial charge on any atom is 0.255 e. The van der Waals surface area contributed by atoms with E-state index >= 15 is 0 Å². The molecule has 1 saturated carbocycles. The number of fused-ring (bicyclic) bond motifs is 3. The van der Waals surface area contributed by atoms with Gasteiger partial charge in [-0.1, -0.05) is 17.7 Å². The molecule has 0 bridgehead atoms. The number of hydrogen-bond acceptors (Lipinski definition) is 7. The van der Waals surface area contributed by atoms with Gasteiger partial charge in [0.15, 0.2) is 5.75 Å². The Labute approximate surface area is 224 Å². The molecule has 7 rings (SSSR count). The lowest BCUT2D eigenvalue weighted by Gasteiger charge is -2.35. The molecule has 5 heterocycles. The summed E-state index contributed by atoms with van der Waals surface area (Å²) in [6, 6.07) is 11.2. The Morgan fingerprint density at radius 2 is 2.03 bits per heavy atom. The highest BCUT2D eigenvalue weighted by atomic mass is 35.5. The number of nitrogens with one attached hydrogen (secondary N) is 3. The lowest BCUT2D eigenvalue weighted by atomic mass is 9.93. The van der Waals surface area contributed by atoms with Gasteiger partial charge < -0.3 is 25.1 Å². The van der Waals surface area contributed by atoms with Gasteiger partial charge in [-0.3, -0.25) is 14.7 Å². The minimum Gasteiger partial charge on any atom is -0.493 e. The van der Waals surface area contributed by atoms with E-state index in [0.29, 0.717) is 45.7 Å². The Morgan fingerprint density at radius 1 is 1.18 bits per heavy atom. The molecule has 38 heavy (non-hydrogen) atoms. The van der Waals surface area contributed by atoms with E-state index in [1.807, 2.05) is 30.3 Å². The monoisotopic (exact) mass is 530 g/mol. The van der Waals surface area contributed by atoms with Crippen molar-refractivity contribution in [2.75, 3.05) is 39.1 Å². The largest absolute Gasteiger partial charge is 0.493 e. The number of ether oxygens (including phenoxy) is 2. The molecule has 3 aliphatic rings. The maximum absolute atomic E-state index is 13.3.